The number of hydrogen-bond donors (Lipinski definition) is 1. The molecule has 0 bridgehead atoms. The standard InChI is InChI=1S/C20H29N3O.2ClH/c1-16(23-11-6-17-4-2-3-5-18(17)14-23)19(24)22-12-8-20(9-13-22)7-10-21-15-20;;/h2-5,16,21H,6-15H2,1H3;2*1H. The molecule has 0 aliphatic carbocycles. The minimum Gasteiger partial charge on any atom is -0.341 e. The lowest BCUT2D eigenvalue weighted by Crippen LogP contribution is -2.52. The van der Waals surface area contributed by atoms with Crippen molar-refractivity contribution in [2.24, 2.45) is 5.41 Å². The first-order chi connectivity index (χ1) is 11.7. The largest absolute Gasteiger partial charge is 0.341 e. The van der Waals surface area contributed by atoms with E-state index in [1.807, 2.05) is 0 Å². The molecule has 146 valence electrons. The summed E-state index contributed by atoms with van der Waals surface area (Å²) in [7, 11) is 0. The van der Waals surface area contributed by atoms with Crippen molar-refractivity contribution in [3.63, 3.8) is 0 Å². The van der Waals surface area contributed by atoms with Crippen LogP contribution in [-0.4, -0.2) is 54.5 Å². The molecular weight excluding hydrogens is 369 g/mol. The molecule has 1 unspecified atom stereocenters. The molecule has 4 rings (SSSR count). The van der Waals surface area contributed by atoms with Crippen molar-refractivity contribution in [2.75, 3.05) is 32.7 Å². The Labute approximate surface area is 169 Å². The SMILES string of the molecule is CC(C(=O)N1CCC2(CCNC2)CC1)N1CCc2ccccc2C1.Cl.Cl. The summed E-state index contributed by atoms with van der Waals surface area (Å²) in [6.07, 6.45) is 4.68. The maximum absolute atomic E-state index is 13.0. The molecule has 1 atom stereocenters. The van der Waals surface area contributed by atoms with Crippen molar-refractivity contribution in [1.29, 1.82) is 0 Å². The van der Waals surface area contributed by atoms with Crippen molar-refractivity contribution in [2.45, 2.75) is 45.2 Å². The summed E-state index contributed by atoms with van der Waals surface area (Å²) in [5.74, 6) is 0.329. The number of benzene rings is 1. The predicted molar refractivity (Wildman–Crippen MR) is 110 cm³/mol. The third-order valence-corrected chi connectivity index (χ3v) is 6.53. The molecule has 1 aromatic rings. The average molecular weight is 400 g/mol. The predicted octanol–water partition coefficient (Wildman–Crippen LogP) is 2.88. The molecule has 2 saturated heterocycles. The number of nitrogens with zero attached hydrogens (tertiary/aromatic N) is 2. The molecule has 1 spiro atoms. The number of likely N-dealkylation sites (tertiary alicyclic amines) is 1. The summed E-state index contributed by atoms with van der Waals surface area (Å²) < 4.78 is 0. The summed E-state index contributed by atoms with van der Waals surface area (Å²) >= 11 is 0. The van der Waals surface area contributed by atoms with Gasteiger partial charge in [0.25, 0.3) is 0 Å². The lowest BCUT2D eigenvalue weighted by molar-refractivity contribution is -0.139. The highest BCUT2D eigenvalue weighted by Gasteiger charge is 2.39. The van der Waals surface area contributed by atoms with Crippen LogP contribution < -0.4 is 5.32 Å². The van der Waals surface area contributed by atoms with Crippen LogP contribution in [0, 0.1) is 5.41 Å². The fraction of sp³-hybridized carbons (Fsp3) is 0.650. The summed E-state index contributed by atoms with van der Waals surface area (Å²) in [5.41, 5.74) is 3.31. The minimum absolute atomic E-state index is 0. The first kappa shape index (κ1) is 21.5. The summed E-state index contributed by atoms with van der Waals surface area (Å²) in [5, 5.41) is 3.50. The van der Waals surface area contributed by atoms with E-state index in [2.05, 4.69) is 46.3 Å². The molecule has 1 aromatic carbocycles. The fourth-order valence-corrected chi connectivity index (χ4v) is 4.69. The number of nitrogens with one attached hydrogen (secondary N) is 1. The van der Waals surface area contributed by atoms with E-state index in [0.29, 0.717) is 11.3 Å². The summed E-state index contributed by atoms with van der Waals surface area (Å²) in [4.78, 5) is 17.5. The smallest absolute Gasteiger partial charge is 0.239 e. The lowest BCUT2D eigenvalue weighted by atomic mass is 9.78. The molecule has 3 aliphatic rings. The van der Waals surface area contributed by atoms with E-state index in [4.69, 9.17) is 0 Å². The highest BCUT2D eigenvalue weighted by molar-refractivity contribution is 5.85. The molecular formula is C20H31Cl2N3O. The fourth-order valence-electron chi connectivity index (χ4n) is 4.69. The topological polar surface area (TPSA) is 35.6 Å². The van der Waals surface area contributed by atoms with Crippen LogP contribution in [0.5, 0.6) is 0 Å². The van der Waals surface area contributed by atoms with Crippen molar-refractivity contribution < 1.29 is 4.79 Å². The van der Waals surface area contributed by atoms with E-state index in [1.165, 1.54) is 30.4 Å². The monoisotopic (exact) mass is 399 g/mol. The van der Waals surface area contributed by atoms with Gasteiger partial charge >= 0.3 is 0 Å². The lowest BCUT2D eigenvalue weighted by Gasteiger charge is -2.41. The zero-order valence-corrected chi connectivity index (χ0v) is 17.2. The van der Waals surface area contributed by atoms with Gasteiger partial charge in [0.05, 0.1) is 6.04 Å². The molecule has 3 heterocycles. The van der Waals surface area contributed by atoms with Crippen LogP contribution >= 0.6 is 24.8 Å². The van der Waals surface area contributed by atoms with Crippen LogP contribution in [0.25, 0.3) is 0 Å². The van der Waals surface area contributed by atoms with Gasteiger partial charge in [-0.3, -0.25) is 9.69 Å². The Bertz CT molecular complexity index is 609. The van der Waals surface area contributed by atoms with Crippen LogP contribution in [0.2, 0.25) is 0 Å². The molecule has 0 radical (unpaired) electrons. The molecule has 6 heteroatoms. The van der Waals surface area contributed by atoms with E-state index in [1.54, 1.807) is 0 Å². The molecule has 0 saturated carbocycles. The Morgan fingerprint density at radius 3 is 2.42 bits per heavy atom. The van der Waals surface area contributed by atoms with Gasteiger partial charge in [-0.05, 0) is 55.7 Å². The van der Waals surface area contributed by atoms with E-state index in [-0.39, 0.29) is 30.9 Å². The van der Waals surface area contributed by atoms with E-state index in [9.17, 15) is 4.79 Å². The normalized spacial score (nSPS) is 22.9. The van der Waals surface area contributed by atoms with Crippen molar-refractivity contribution in [3.8, 4) is 0 Å². The highest BCUT2D eigenvalue weighted by atomic mass is 35.5. The van der Waals surface area contributed by atoms with Gasteiger partial charge in [-0.2, -0.15) is 0 Å². The number of halogens is 2. The number of amides is 1. The van der Waals surface area contributed by atoms with E-state index in [0.717, 1.165) is 45.7 Å². The first-order valence-corrected chi connectivity index (χ1v) is 9.47. The number of fused-ring (bicyclic) bond motifs is 1. The van der Waals surface area contributed by atoms with E-state index >= 15 is 0 Å². The first-order valence-electron chi connectivity index (χ1n) is 9.47. The third-order valence-electron chi connectivity index (χ3n) is 6.53. The second-order valence-corrected chi connectivity index (χ2v) is 7.92. The molecule has 1 N–H and O–H groups in total. The van der Waals surface area contributed by atoms with Gasteiger partial charge < -0.3 is 10.2 Å². The van der Waals surface area contributed by atoms with Gasteiger partial charge in [0, 0.05) is 32.7 Å². The molecule has 1 amide bonds. The Morgan fingerprint density at radius 1 is 1.08 bits per heavy atom. The van der Waals surface area contributed by atoms with Gasteiger partial charge in [0.15, 0.2) is 0 Å². The van der Waals surface area contributed by atoms with Gasteiger partial charge in [-0.25, -0.2) is 0 Å². The molecule has 26 heavy (non-hydrogen) atoms. The van der Waals surface area contributed by atoms with Crippen LogP contribution in [0.15, 0.2) is 24.3 Å². The maximum Gasteiger partial charge on any atom is 0.239 e. The van der Waals surface area contributed by atoms with Crippen LogP contribution in [-0.2, 0) is 17.8 Å². The highest BCUT2D eigenvalue weighted by Crippen LogP contribution is 2.37. The van der Waals surface area contributed by atoms with Gasteiger partial charge in [0.1, 0.15) is 0 Å². The van der Waals surface area contributed by atoms with Gasteiger partial charge in [-0.1, -0.05) is 24.3 Å². The molecule has 3 aliphatic heterocycles. The molecule has 4 nitrogen and oxygen atoms in total. The van der Waals surface area contributed by atoms with Crippen molar-refractivity contribution in [1.82, 2.24) is 15.1 Å². The second-order valence-electron chi connectivity index (χ2n) is 7.92. The van der Waals surface area contributed by atoms with Gasteiger partial charge in [-0.15, -0.1) is 24.8 Å². The van der Waals surface area contributed by atoms with Crippen LogP contribution in [0.1, 0.15) is 37.3 Å². The third kappa shape index (κ3) is 4.19. The summed E-state index contributed by atoms with van der Waals surface area (Å²) in [6, 6.07) is 8.64. The van der Waals surface area contributed by atoms with Gasteiger partial charge in [0.2, 0.25) is 5.91 Å². The second kappa shape index (κ2) is 8.92. The maximum atomic E-state index is 13.0. The van der Waals surface area contributed by atoms with Crippen LogP contribution in [0.4, 0.5) is 0 Å². The Hall–Kier alpha value is -0.810. The zero-order valence-electron chi connectivity index (χ0n) is 15.6. The molecule has 2 fully saturated rings. The molecule has 0 aromatic heterocycles. The number of carbonyl (C=O) groups excluding carboxylic acids is 1. The van der Waals surface area contributed by atoms with E-state index < -0.39 is 0 Å². The minimum atomic E-state index is -0.00545. The Balaban J connectivity index is 0.00000121. The van der Waals surface area contributed by atoms with Crippen molar-refractivity contribution in [3.05, 3.63) is 35.4 Å². The number of hydrogen-bond acceptors (Lipinski definition) is 3. The zero-order chi connectivity index (χ0) is 16.6. The number of carbonyl (C=O) groups is 1. The average Bonchev–Trinajstić information content (AvgIpc) is 3.09. The van der Waals surface area contributed by atoms with Crippen molar-refractivity contribution >= 4 is 30.7 Å². The quantitative estimate of drug-likeness (QED) is 0.830. The number of rotatable bonds is 2. The van der Waals surface area contributed by atoms with Crippen LogP contribution in [0.3, 0.4) is 0 Å². The summed E-state index contributed by atoms with van der Waals surface area (Å²) in [6.45, 7) is 8.17. The Morgan fingerprint density at radius 2 is 1.77 bits per heavy atom. The Kier molecular flexibility index (Phi) is 7.37. The number of piperidine rings is 1.